The Bertz CT molecular complexity index is 282. The zero-order valence-electron chi connectivity index (χ0n) is 8.59. The summed E-state index contributed by atoms with van der Waals surface area (Å²) in [6.45, 7) is 5.15. The van der Waals surface area contributed by atoms with Crippen molar-refractivity contribution in [3.8, 4) is 5.75 Å². The molecule has 0 bridgehead atoms. The van der Waals surface area contributed by atoms with Gasteiger partial charge in [0.25, 0.3) is 0 Å². The molecule has 78 valence electrons. The lowest BCUT2D eigenvalue weighted by atomic mass is 9.95. The van der Waals surface area contributed by atoms with E-state index in [1.54, 1.807) is 12.1 Å². The van der Waals surface area contributed by atoms with Crippen LogP contribution in [0.2, 0.25) is 0 Å². The minimum atomic E-state index is -0.254. The molecule has 0 atom stereocenters. The average Bonchev–Trinajstić information content (AvgIpc) is 2.17. The molecular weight excluding hydrogens is 181 g/mol. The van der Waals surface area contributed by atoms with Crippen molar-refractivity contribution in [2.24, 2.45) is 11.1 Å². The Morgan fingerprint density at radius 2 is 1.86 bits per heavy atom. The molecule has 0 aliphatic heterocycles. The van der Waals surface area contributed by atoms with Gasteiger partial charge in [0, 0.05) is 12.0 Å². The summed E-state index contributed by atoms with van der Waals surface area (Å²) in [5.41, 5.74) is 5.51. The normalized spacial score (nSPS) is 11.4. The highest BCUT2D eigenvalue weighted by atomic mass is 19.1. The fourth-order valence-electron chi connectivity index (χ4n) is 0.868. The number of nitrogens with two attached hydrogens (primary N) is 1. The molecule has 1 rings (SSSR count). The van der Waals surface area contributed by atoms with Crippen molar-refractivity contribution >= 4 is 0 Å². The largest absolute Gasteiger partial charge is 0.493 e. The Balaban J connectivity index is 2.50. The molecule has 0 aliphatic carbocycles. The standard InChI is InChI=1S/C11H16FNO/c1-11(2,7-13)8-14-10-5-3-9(12)4-6-10/h3-6H,7-8,13H2,1-2H3. The molecule has 0 saturated carbocycles. The molecule has 1 aromatic rings. The predicted molar refractivity (Wildman–Crippen MR) is 54.7 cm³/mol. The maximum atomic E-state index is 12.6. The van der Waals surface area contributed by atoms with Gasteiger partial charge in [-0.05, 0) is 24.3 Å². The van der Waals surface area contributed by atoms with Crippen molar-refractivity contribution in [1.82, 2.24) is 0 Å². The molecule has 2 N–H and O–H groups in total. The molecule has 3 heteroatoms. The molecule has 0 spiro atoms. The predicted octanol–water partition coefficient (Wildman–Crippen LogP) is 2.19. The lowest BCUT2D eigenvalue weighted by molar-refractivity contribution is 0.187. The molecule has 14 heavy (non-hydrogen) atoms. The monoisotopic (exact) mass is 197 g/mol. The maximum absolute atomic E-state index is 12.6. The van der Waals surface area contributed by atoms with E-state index in [1.165, 1.54) is 12.1 Å². The van der Waals surface area contributed by atoms with Crippen LogP contribution in [0.5, 0.6) is 5.75 Å². The van der Waals surface area contributed by atoms with Gasteiger partial charge in [0.05, 0.1) is 6.61 Å². The van der Waals surface area contributed by atoms with Gasteiger partial charge in [0.15, 0.2) is 0 Å². The van der Waals surface area contributed by atoms with Crippen molar-refractivity contribution < 1.29 is 9.13 Å². The summed E-state index contributed by atoms with van der Waals surface area (Å²) in [4.78, 5) is 0. The van der Waals surface area contributed by atoms with E-state index in [-0.39, 0.29) is 11.2 Å². The highest BCUT2D eigenvalue weighted by Crippen LogP contribution is 2.17. The molecule has 0 aliphatic rings. The molecule has 2 nitrogen and oxygen atoms in total. The number of hydrogen-bond donors (Lipinski definition) is 1. The third-order valence-corrected chi connectivity index (χ3v) is 2.00. The Hall–Kier alpha value is -1.09. The van der Waals surface area contributed by atoms with Crippen LogP contribution < -0.4 is 10.5 Å². The first-order valence-electron chi connectivity index (χ1n) is 4.62. The number of hydrogen-bond acceptors (Lipinski definition) is 2. The third kappa shape index (κ3) is 3.34. The summed E-state index contributed by atoms with van der Waals surface area (Å²) in [6, 6.07) is 5.99. The molecule has 0 heterocycles. The van der Waals surface area contributed by atoms with Crippen molar-refractivity contribution in [2.75, 3.05) is 13.2 Å². The molecule has 0 unspecified atom stereocenters. The van der Waals surface area contributed by atoms with Crippen LogP contribution in [0.15, 0.2) is 24.3 Å². The first-order valence-corrected chi connectivity index (χ1v) is 4.62. The van der Waals surface area contributed by atoms with Crippen molar-refractivity contribution in [1.29, 1.82) is 0 Å². The van der Waals surface area contributed by atoms with Crippen molar-refractivity contribution in [2.45, 2.75) is 13.8 Å². The summed E-state index contributed by atoms with van der Waals surface area (Å²) in [7, 11) is 0. The van der Waals surface area contributed by atoms with E-state index < -0.39 is 0 Å². The minimum absolute atomic E-state index is 0.0472. The zero-order chi connectivity index (χ0) is 10.6. The fourth-order valence-corrected chi connectivity index (χ4v) is 0.868. The number of benzene rings is 1. The Labute approximate surface area is 83.9 Å². The van der Waals surface area contributed by atoms with Gasteiger partial charge in [-0.25, -0.2) is 4.39 Å². The first-order chi connectivity index (χ1) is 6.53. The molecule has 0 saturated heterocycles. The molecule has 0 radical (unpaired) electrons. The van der Waals surface area contributed by atoms with E-state index in [0.29, 0.717) is 18.9 Å². The van der Waals surface area contributed by atoms with E-state index in [9.17, 15) is 4.39 Å². The fraction of sp³-hybridized carbons (Fsp3) is 0.455. The SMILES string of the molecule is CC(C)(CN)COc1ccc(F)cc1. The molecular formula is C11H16FNO. The van der Waals surface area contributed by atoms with E-state index in [0.717, 1.165) is 0 Å². The van der Waals surface area contributed by atoms with Crippen LogP contribution in [-0.2, 0) is 0 Å². The third-order valence-electron chi connectivity index (χ3n) is 2.00. The van der Waals surface area contributed by atoms with E-state index >= 15 is 0 Å². The minimum Gasteiger partial charge on any atom is -0.493 e. The van der Waals surface area contributed by atoms with Crippen molar-refractivity contribution in [3.05, 3.63) is 30.1 Å². The van der Waals surface area contributed by atoms with Gasteiger partial charge in [-0.2, -0.15) is 0 Å². The molecule has 1 aromatic carbocycles. The second kappa shape index (κ2) is 4.42. The van der Waals surface area contributed by atoms with E-state index in [4.69, 9.17) is 10.5 Å². The molecule has 0 fully saturated rings. The van der Waals surface area contributed by atoms with E-state index in [2.05, 4.69) is 0 Å². The zero-order valence-corrected chi connectivity index (χ0v) is 8.59. The molecule has 0 aromatic heterocycles. The average molecular weight is 197 g/mol. The second-order valence-electron chi connectivity index (χ2n) is 4.11. The summed E-state index contributed by atoms with van der Waals surface area (Å²) in [5, 5.41) is 0. The summed E-state index contributed by atoms with van der Waals surface area (Å²) in [5.74, 6) is 0.420. The van der Waals surface area contributed by atoms with E-state index in [1.807, 2.05) is 13.8 Å². The highest BCUT2D eigenvalue weighted by molar-refractivity contribution is 5.22. The first kappa shape index (κ1) is 11.0. The van der Waals surface area contributed by atoms with Gasteiger partial charge in [-0.3, -0.25) is 0 Å². The highest BCUT2D eigenvalue weighted by Gasteiger charge is 2.16. The molecule has 0 amide bonds. The Kier molecular flexibility index (Phi) is 3.47. The summed E-state index contributed by atoms with van der Waals surface area (Å²) in [6.07, 6.45) is 0. The van der Waals surface area contributed by atoms with Crippen LogP contribution in [0, 0.1) is 11.2 Å². The van der Waals surface area contributed by atoms with Crippen LogP contribution in [0.3, 0.4) is 0 Å². The topological polar surface area (TPSA) is 35.2 Å². The Morgan fingerprint density at radius 1 is 1.29 bits per heavy atom. The van der Waals surface area contributed by atoms with Crippen LogP contribution >= 0.6 is 0 Å². The second-order valence-corrected chi connectivity index (χ2v) is 4.11. The number of ether oxygens (including phenoxy) is 1. The van der Waals surface area contributed by atoms with Crippen LogP contribution in [0.4, 0.5) is 4.39 Å². The number of halogens is 1. The van der Waals surface area contributed by atoms with Crippen LogP contribution in [-0.4, -0.2) is 13.2 Å². The van der Waals surface area contributed by atoms with Gasteiger partial charge in [-0.15, -0.1) is 0 Å². The van der Waals surface area contributed by atoms with Gasteiger partial charge in [0.1, 0.15) is 11.6 Å². The van der Waals surface area contributed by atoms with Crippen LogP contribution in [0.25, 0.3) is 0 Å². The Morgan fingerprint density at radius 3 is 2.36 bits per heavy atom. The van der Waals surface area contributed by atoms with Crippen molar-refractivity contribution in [3.63, 3.8) is 0 Å². The van der Waals surface area contributed by atoms with Gasteiger partial charge in [-0.1, -0.05) is 13.8 Å². The van der Waals surface area contributed by atoms with Gasteiger partial charge >= 0.3 is 0 Å². The maximum Gasteiger partial charge on any atom is 0.123 e. The van der Waals surface area contributed by atoms with Crippen LogP contribution in [0.1, 0.15) is 13.8 Å². The quantitative estimate of drug-likeness (QED) is 0.803. The van der Waals surface area contributed by atoms with Gasteiger partial charge in [0.2, 0.25) is 0 Å². The number of rotatable bonds is 4. The smallest absolute Gasteiger partial charge is 0.123 e. The van der Waals surface area contributed by atoms with Gasteiger partial charge < -0.3 is 10.5 Å². The lowest BCUT2D eigenvalue weighted by Crippen LogP contribution is -2.30. The summed E-state index contributed by atoms with van der Waals surface area (Å²) < 4.78 is 18.0. The lowest BCUT2D eigenvalue weighted by Gasteiger charge is -2.22. The summed E-state index contributed by atoms with van der Waals surface area (Å²) >= 11 is 0.